The summed E-state index contributed by atoms with van der Waals surface area (Å²) in [6.07, 6.45) is 0. The SMILES string of the molecule is FNc1cccc(N(F)F)c1. The first kappa shape index (κ1) is 7.71. The number of anilines is 2. The zero-order valence-corrected chi connectivity index (χ0v) is 5.39. The molecule has 0 aliphatic heterocycles. The molecule has 1 aromatic carbocycles. The summed E-state index contributed by atoms with van der Waals surface area (Å²) < 4.78 is 35.2. The lowest BCUT2D eigenvalue weighted by Gasteiger charge is -2.02. The summed E-state index contributed by atoms with van der Waals surface area (Å²) in [6.45, 7) is 0. The van der Waals surface area contributed by atoms with E-state index in [0.717, 1.165) is 6.07 Å². The van der Waals surface area contributed by atoms with Gasteiger partial charge >= 0.3 is 0 Å². The van der Waals surface area contributed by atoms with Crippen molar-refractivity contribution in [1.82, 2.24) is 0 Å². The van der Waals surface area contributed by atoms with Crippen molar-refractivity contribution in [1.29, 1.82) is 0 Å². The maximum atomic E-state index is 11.8. The fourth-order valence-electron chi connectivity index (χ4n) is 0.670. The van der Waals surface area contributed by atoms with Gasteiger partial charge in [-0.15, -0.1) is 4.48 Å². The number of rotatable bonds is 2. The van der Waals surface area contributed by atoms with Crippen LogP contribution in [0.25, 0.3) is 0 Å². The minimum Gasteiger partial charge on any atom is -0.224 e. The Hall–Kier alpha value is -1.39. The summed E-state index contributed by atoms with van der Waals surface area (Å²) in [6, 6.07) is 4.82. The van der Waals surface area contributed by atoms with Crippen LogP contribution in [0.4, 0.5) is 24.8 Å². The van der Waals surface area contributed by atoms with Crippen LogP contribution in [0.2, 0.25) is 0 Å². The standard InChI is InChI=1S/C6H5F3N2/c7-10-5-2-1-3-6(4-5)11(8)9/h1-4,10H. The lowest BCUT2D eigenvalue weighted by atomic mass is 10.3. The van der Waals surface area contributed by atoms with Crippen molar-refractivity contribution in [2.75, 3.05) is 10.9 Å². The van der Waals surface area contributed by atoms with Gasteiger partial charge in [0.15, 0.2) is 0 Å². The molecule has 0 spiro atoms. The first-order valence-corrected chi connectivity index (χ1v) is 2.82. The van der Waals surface area contributed by atoms with Crippen molar-refractivity contribution in [2.45, 2.75) is 0 Å². The van der Waals surface area contributed by atoms with Crippen LogP contribution >= 0.6 is 0 Å². The van der Waals surface area contributed by atoms with Crippen LogP contribution in [0.1, 0.15) is 0 Å². The molecule has 0 aliphatic carbocycles. The number of nitrogens with one attached hydrogen (secondary N) is 1. The smallest absolute Gasteiger partial charge is 0.107 e. The molecule has 0 saturated carbocycles. The van der Waals surface area contributed by atoms with E-state index < -0.39 is 5.34 Å². The third kappa shape index (κ3) is 1.76. The molecule has 60 valence electrons. The Morgan fingerprint density at radius 3 is 2.55 bits per heavy atom. The van der Waals surface area contributed by atoms with Crippen molar-refractivity contribution in [2.24, 2.45) is 0 Å². The molecule has 1 aromatic rings. The molecule has 5 heteroatoms. The van der Waals surface area contributed by atoms with Gasteiger partial charge in [0.2, 0.25) is 0 Å². The van der Waals surface area contributed by atoms with Gasteiger partial charge in [0.1, 0.15) is 5.69 Å². The molecule has 2 nitrogen and oxygen atoms in total. The Morgan fingerprint density at radius 1 is 1.27 bits per heavy atom. The number of benzene rings is 1. The second-order valence-corrected chi connectivity index (χ2v) is 1.88. The van der Waals surface area contributed by atoms with Gasteiger partial charge in [-0.1, -0.05) is 15.0 Å². The molecule has 0 radical (unpaired) electrons. The van der Waals surface area contributed by atoms with E-state index in [9.17, 15) is 13.4 Å². The lowest BCUT2D eigenvalue weighted by molar-refractivity contribution is 0.235. The largest absolute Gasteiger partial charge is 0.224 e. The van der Waals surface area contributed by atoms with Crippen LogP contribution in [-0.4, -0.2) is 0 Å². The summed E-state index contributed by atoms with van der Waals surface area (Å²) >= 11 is 0. The minimum absolute atomic E-state index is 0.00259. The van der Waals surface area contributed by atoms with Crippen molar-refractivity contribution in [3.05, 3.63) is 24.3 Å². The second kappa shape index (κ2) is 3.14. The fraction of sp³-hybridized carbons (Fsp3) is 0. The molecule has 0 aromatic heterocycles. The zero-order valence-electron chi connectivity index (χ0n) is 5.39. The van der Waals surface area contributed by atoms with Crippen LogP contribution < -0.4 is 10.9 Å². The first-order valence-electron chi connectivity index (χ1n) is 2.82. The zero-order chi connectivity index (χ0) is 8.27. The van der Waals surface area contributed by atoms with Gasteiger partial charge in [-0.25, -0.2) is 5.54 Å². The van der Waals surface area contributed by atoms with E-state index in [1.54, 1.807) is 0 Å². The molecule has 0 heterocycles. The minimum atomic E-state index is -1.08. The maximum absolute atomic E-state index is 11.8. The van der Waals surface area contributed by atoms with Gasteiger partial charge in [0.25, 0.3) is 0 Å². The lowest BCUT2D eigenvalue weighted by Crippen LogP contribution is -1.95. The van der Waals surface area contributed by atoms with Gasteiger partial charge in [-0.2, -0.15) is 0 Å². The predicted molar refractivity (Wildman–Crippen MR) is 35.9 cm³/mol. The second-order valence-electron chi connectivity index (χ2n) is 1.88. The van der Waals surface area contributed by atoms with E-state index in [-0.39, 0.29) is 11.4 Å². The molecule has 0 saturated heterocycles. The summed E-state index contributed by atoms with van der Waals surface area (Å²) in [4.78, 5) is 0. The normalized spacial score (nSPS) is 9.36. The predicted octanol–water partition coefficient (Wildman–Crippen LogP) is 2.56. The molecular weight excluding hydrogens is 157 g/mol. The van der Waals surface area contributed by atoms with Crippen molar-refractivity contribution < 1.29 is 13.4 Å². The highest BCUT2D eigenvalue weighted by molar-refractivity contribution is 5.54. The van der Waals surface area contributed by atoms with Crippen LogP contribution in [0.5, 0.6) is 0 Å². The van der Waals surface area contributed by atoms with Gasteiger partial charge in [-0.3, -0.25) is 0 Å². The molecule has 11 heavy (non-hydrogen) atoms. The molecule has 1 rings (SSSR count). The Kier molecular flexibility index (Phi) is 2.20. The van der Waals surface area contributed by atoms with Crippen molar-refractivity contribution in [3.63, 3.8) is 0 Å². The number of halogens is 3. The Bertz CT molecular complexity index is 239. The van der Waals surface area contributed by atoms with Gasteiger partial charge < -0.3 is 0 Å². The summed E-state index contributed by atoms with van der Waals surface area (Å²) in [5.74, 6) is 0. The third-order valence-electron chi connectivity index (χ3n) is 1.15. The average Bonchev–Trinajstić information content (AvgIpc) is 2.05. The van der Waals surface area contributed by atoms with Crippen LogP contribution in [-0.2, 0) is 0 Å². The van der Waals surface area contributed by atoms with E-state index in [0.29, 0.717) is 0 Å². The molecule has 1 N–H and O–H groups in total. The highest BCUT2D eigenvalue weighted by atomic mass is 19.4. The van der Waals surface area contributed by atoms with E-state index in [1.165, 1.54) is 23.7 Å². The highest BCUT2D eigenvalue weighted by Crippen LogP contribution is 2.19. The maximum Gasteiger partial charge on any atom is 0.107 e. The topological polar surface area (TPSA) is 15.3 Å². The van der Waals surface area contributed by atoms with Crippen LogP contribution in [0, 0.1) is 0 Å². The highest BCUT2D eigenvalue weighted by Gasteiger charge is 2.02. The number of hydrogen-bond donors (Lipinski definition) is 1. The van der Waals surface area contributed by atoms with Crippen LogP contribution in [0.15, 0.2) is 24.3 Å². The fourth-order valence-corrected chi connectivity index (χ4v) is 0.670. The molecule has 0 aliphatic rings. The van der Waals surface area contributed by atoms with Gasteiger partial charge in [0.05, 0.1) is 5.69 Å². The molecule has 0 atom stereocenters. The van der Waals surface area contributed by atoms with Crippen LogP contribution in [0.3, 0.4) is 0 Å². The van der Waals surface area contributed by atoms with E-state index >= 15 is 0 Å². The Labute approximate surface area is 61.0 Å². The van der Waals surface area contributed by atoms with E-state index in [4.69, 9.17) is 0 Å². The molecule has 0 bridgehead atoms. The Balaban J connectivity index is 2.91. The van der Waals surface area contributed by atoms with E-state index in [1.807, 2.05) is 0 Å². The van der Waals surface area contributed by atoms with Gasteiger partial charge in [-0.05, 0) is 23.5 Å². The molecular formula is C6H5F3N2. The van der Waals surface area contributed by atoms with Crippen molar-refractivity contribution in [3.8, 4) is 0 Å². The van der Waals surface area contributed by atoms with Gasteiger partial charge in [0, 0.05) is 0 Å². The third-order valence-corrected chi connectivity index (χ3v) is 1.15. The molecule has 0 amide bonds. The molecule has 0 fully saturated rings. The monoisotopic (exact) mass is 162 g/mol. The molecule has 0 unspecified atom stereocenters. The number of hydrogen-bond acceptors (Lipinski definition) is 2. The quantitative estimate of drug-likeness (QED) is 0.672. The summed E-state index contributed by atoms with van der Waals surface area (Å²) in [7, 11) is 0. The first-order chi connectivity index (χ1) is 5.24. The Morgan fingerprint density at radius 2 is 2.00 bits per heavy atom. The summed E-state index contributed by atoms with van der Waals surface area (Å²) in [5.41, 5.74) is 0.911. The summed E-state index contributed by atoms with van der Waals surface area (Å²) in [5, 5.41) is -1.08. The van der Waals surface area contributed by atoms with Crippen molar-refractivity contribution >= 4 is 11.4 Å². The number of nitrogens with zero attached hydrogens (tertiary/aromatic N) is 1. The van der Waals surface area contributed by atoms with E-state index in [2.05, 4.69) is 0 Å². The average molecular weight is 162 g/mol.